The Balaban J connectivity index is 1.12. The highest BCUT2D eigenvalue weighted by atomic mass is 32.2. The van der Waals surface area contributed by atoms with E-state index in [0.717, 1.165) is 48.7 Å². The maximum Gasteiger partial charge on any atom is 0.324 e. The van der Waals surface area contributed by atoms with Crippen molar-refractivity contribution in [2.24, 2.45) is 11.3 Å². The van der Waals surface area contributed by atoms with Gasteiger partial charge in [-0.2, -0.15) is 4.31 Å². The van der Waals surface area contributed by atoms with Crippen LogP contribution in [0.4, 0.5) is 0 Å². The number of methoxy groups -OCH3 is 2. The molecule has 5 heterocycles. The van der Waals surface area contributed by atoms with Crippen LogP contribution in [-0.4, -0.2) is 132 Å². The van der Waals surface area contributed by atoms with Gasteiger partial charge in [-0.3, -0.25) is 34.5 Å². The van der Waals surface area contributed by atoms with Crippen LogP contribution in [0.3, 0.4) is 0 Å². The van der Waals surface area contributed by atoms with Crippen molar-refractivity contribution in [1.82, 2.24) is 39.8 Å². The molecule has 3 aliphatic heterocycles. The van der Waals surface area contributed by atoms with Crippen molar-refractivity contribution < 1.29 is 46.9 Å². The molecule has 3 amide bonds. The van der Waals surface area contributed by atoms with Gasteiger partial charge in [0.2, 0.25) is 21.8 Å². The molecule has 0 spiro atoms. The highest BCUT2D eigenvalue weighted by Crippen LogP contribution is 2.42. The minimum absolute atomic E-state index is 0.0487. The highest BCUT2D eigenvalue weighted by molar-refractivity contribution is 7.90. The number of aromatic nitrogens is 2. The molecule has 3 aromatic carbocycles. The quantitative estimate of drug-likeness (QED) is 0.0819. The molecule has 8 rings (SSSR count). The third kappa shape index (κ3) is 11.3. The molecule has 5 aromatic rings. The van der Waals surface area contributed by atoms with E-state index in [1.165, 1.54) is 24.0 Å². The Labute approximate surface area is 427 Å². The van der Waals surface area contributed by atoms with Crippen LogP contribution in [0.25, 0.3) is 33.3 Å². The number of sulfonamides is 1. The molecule has 18 nitrogen and oxygen atoms in total. The molecule has 0 radical (unpaired) electrons. The zero-order valence-corrected chi connectivity index (χ0v) is 43.9. The first-order chi connectivity index (χ1) is 34.7. The Morgan fingerprint density at radius 2 is 1.78 bits per heavy atom. The van der Waals surface area contributed by atoms with Crippen molar-refractivity contribution >= 4 is 44.6 Å². The number of aromatic hydroxyl groups is 1. The molecule has 0 saturated carbocycles. The van der Waals surface area contributed by atoms with E-state index >= 15 is 0 Å². The lowest BCUT2D eigenvalue weighted by molar-refractivity contribution is -0.155. The molecule has 19 heteroatoms. The summed E-state index contributed by atoms with van der Waals surface area (Å²) in [6.07, 6.45) is 4.93. The van der Waals surface area contributed by atoms with Gasteiger partial charge in [-0.05, 0) is 108 Å². The molecule has 390 valence electrons. The Hall–Kier alpha value is -6.38. The molecule has 5 atom stereocenters. The topological polar surface area (TPSA) is 224 Å². The van der Waals surface area contributed by atoms with Gasteiger partial charge in [0.05, 0.1) is 38.6 Å². The molecule has 1 unspecified atom stereocenters. The number of nitrogens with one attached hydrogen (secondary N) is 3. The summed E-state index contributed by atoms with van der Waals surface area (Å²) in [5.41, 5.74) is 10.2. The molecule has 2 aromatic heterocycles. The predicted octanol–water partition coefficient (Wildman–Crippen LogP) is 5.31. The second kappa shape index (κ2) is 21.6. The van der Waals surface area contributed by atoms with Crippen LogP contribution in [0.2, 0.25) is 0 Å². The predicted molar refractivity (Wildman–Crippen MR) is 276 cm³/mol. The number of pyridine rings is 1. The van der Waals surface area contributed by atoms with Crippen molar-refractivity contribution in [3.8, 4) is 33.9 Å². The molecule has 4 N–H and O–H groups in total. The third-order valence-corrected chi connectivity index (χ3v) is 16.2. The number of phenols is 1. The van der Waals surface area contributed by atoms with Crippen LogP contribution in [0, 0.1) is 11.3 Å². The van der Waals surface area contributed by atoms with Crippen LogP contribution in [0.1, 0.15) is 75.8 Å². The average Bonchev–Trinajstić information content (AvgIpc) is 4.13. The summed E-state index contributed by atoms with van der Waals surface area (Å²) in [5.74, 6) is -2.22. The Kier molecular flexibility index (Phi) is 15.7. The van der Waals surface area contributed by atoms with Gasteiger partial charge in [-0.15, -0.1) is 0 Å². The van der Waals surface area contributed by atoms with Gasteiger partial charge in [-0.25, -0.2) is 13.8 Å². The number of amides is 3. The van der Waals surface area contributed by atoms with E-state index in [1.54, 1.807) is 70.7 Å². The zero-order chi connectivity index (χ0) is 52.5. The number of ether oxygens (including phenoxy) is 3. The molecule has 0 aliphatic carbocycles. The largest absolute Gasteiger partial charge is 0.508 e. The summed E-state index contributed by atoms with van der Waals surface area (Å²) in [7, 11) is 1.97. The summed E-state index contributed by atoms with van der Waals surface area (Å²) in [6, 6.07) is 16.6. The standard InChI is InChI=1S/C54H68N8O10S/c1-10-61-45-18-15-35-26-40(45)41(49(61)42-28-55-20-19-36(42)30-70-8)27-54(4,5)31-72-53(67)43-12-11-21-62(58-43)52(66)44(24-33-22-37(35)25-38(63)23-33)56-50(65)48(32(2)3)60(7)46(64)29-59(6)73(68,69)51-47(57-51)34-13-16-39(71-9)17-14-34/h13-20,22-23,25-26,28,32,43-44,47-48,51,57-58,63H,10-12,21,24,27,29-31H2,1-9H3,(H,56,65)/t43-,44-,47-,48?,51+/m0/s1. The van der Waals surface area contributed by atoms with E-state index in [0.29, 0.717) is 49.3 Å². The number of rotatable bonds is 14. The number of carbonyl (C=O) groups excluding carboxylic acids is 4. The number of fused-ring (bicyclic) bond motifs is 6. The van der Waals surface area contributed by atoms with Crippen LogP contribution < -0.4 is 20.8 Å². The van der Waals surface area contributed by atoms with Gasteiger partial charge in [-0.1, -0.05) is 52.0 Å². The van der Waals surface area contributed by atoms with Crippen molar-refractivity contribution in [1.29, 1.82) is 0 Å². The number of aryl methyl sites for hydroxylation is 1. The molecule has 73 heavy (non-hydrogen) atoms. The fourth-order valence-electron chi connectivity index (χ4n) is 10.3. The van der Waals surface area contributed by atoms with E-state index in [1.807, 2.05) is 24.4 Å². The summed E-state index contributed by atoms with van der Waals surface area (Å²) >= 11 is 0. The molecular formula is C54H68N8O10S. The molecular weight excluding hydrogens is 953 g/mol. The number of hydrogen-bond donors (Lipinski definition) is 4. The Morgan fingerprint density at radius 3 is 2.48 bits per heavy atom. The first-order valence-electron chi connectivity index (χ1n) is 24.8. The fraction of sp³-hybridized carbons (Fsp3) is 0.463. The first kappa shape index (κ1) is 52.9. The van der Waals surface area contributed by atoms with E-state index in [2.05, 4.69) is 58.5 Å². The number of likely N-dealkylation sites (N-methyl/N-ethyl adjacent to an activating group) is 2. The lowest BCUT2D eigenvalue weighted by Crippen LogP contribution is -2.62. The number of hydrazine groups is 1. The monoisotopic (exact) mass is 1020 g/mol. The number of hydrogen-bond acceptors (Lipinski definition) is 13. The first-order valence-corrected chi connectivity index (χ1v) is 26.3. The minimum Gasteiger partial charge on any atom is -0.508 e. The number of nitrogens with zero attached hydrogens (tertiary/aromatic N) is 5. The fourth-order valence-corrected chi connectivity index (χ4v) is 11.8. The zero-order valence-electron chi connectivity index (χ0n) is 43.1. The van der Waals surface area contributed by atoms with E-state index in [-0.39, 0.29) is 25.3 Å². The van der Waals surface area contributed by atoms with Gasteiger partial charge in [0.15, 0.2) is 0 Å². The molecule has 3 aliphatic rings. The highest BCUT2D eigenvalue weighted by Gasteiger charge is 2.50. The summed E-state index contributed by atoms with van der Waals surface area (Å²) < 4.78 is 47.6. The second-order valence-corrected chi connectivity index (χ2v) is 22.7. The molecule has 2 fully saturated rings. The Bertz CT molecular complexity index is 2990. The Morgan fingerprint density at radius 1 is 1.03 bits per heavy atom. The average molecular weight is 1020 g/mol. The van der Waals surface area contributed by atoms with E-state index < -0.39 is 81.1 Å². The van der Waals surface area contributed by atoms with Crippen molar-refractivity contribution in [2.45, 2.75) is 103 Å². The van der Waals surface area contributed by atoms with Gasteiger partial charge in [0, 0.05) is 75.0 Å². The number of phenolic OH excluding ortho intramolecular Hbond substituents is 1. The van der Waals surface area contributed by atoms with Gasteiger partial charge < -0.3 is 34.1 Å². The number of carbonyl (C=O) groups is 4. The van der Waals surface area contributed by atoms with E-state index in [9.17, 15) is 32.7 Å². The smallest absolute Gasteiger partial charge is 0.324 e. The van der Waals surface area contributed by atoms with Crippen LogP contribution in [-0.2, 0) is 64.7 Å². The van der Waals surface area contributed by atoms with E-state index in [4.69, 9.17) is 14.2 Å². The lowest BCUT2D eigenvalue weighted by atomic mass is 9.84. The van der Waals surface area contributed by atoms with Gasteiger partial charge in [0.1, 0.15) is 35.0 Å². The SMILES string of the molecule is CCn1c(-c2cnccc2COC)c2c3cc(ccc31)-c1cc(O)cc(c1)C[C@H](NC(=O)C(C(C)C)N(C)C(=O)CN(C)S(=O)(=O)[C@H]1N[C@H]1c1ccc(OC)cc1)C(=O)N1CCC[C@H](N1)C(=O)OCC(C)(C)C2. The minimum atomic E-state index is -4.00. The van der Waals surface area contributed by atoms with Crippen LogP contribution in [0.15, 0.2) is 79.1 Å². The van der Waals surface area contributed by atoms with Crippen molar-refractivity contribution in [3.63, 3.8) is 0 Å². The maximum atomic E-state index is 14.8. The molecule has 6 bridgehead atoms. The number of cyclic esters (lactones) is 1. The normalized spacial score (nSPS) is 20.6. The maximum absolute atomic E-state index is 14.8. The number of benzene rings is 3. The molecule has 2 saturated heterocycles. The summed E-state index contributed by atoms with van der Waals surface area (Å²) in [5, 5.41) is 18.7. The van der Waals surface area contributed by atoms with Crippen LogP contribution in [0.5, 0.6) is 11.5 Å². The lowest BCUT2D eigenvalue weighted by Gasteiger charge is -2.37. The van der Waals surface area contributed by atoms with Gasteiger partial charge >= 0.3 is 5.97 Å². The summed E-state index contributed by atoms with van der Waals surface area (Å²) in [4.78, 5) is 63.1. The third-order valence-electron chi connectivity index (χ3n) is 14.1. The number of esters is 1. The van der Waals surface area contributed by atoms with Crippen molar-refractivity contribution in [3.05, 3.63) is 101 Å². The van der Waals surface area contributed by atoms with Gasteiger partial charge in [0.25, 0.3) is 5.91 Å². The summed E-state index contributed by atoms with van der Waals surface area (Å²) in [6.45, 7) is 10.5. The second-order valence-electron chi connectivity index (χ2n) is 20.5. The van der Waals surface area contributed by atoms with Crippen LogP contribution >= 0.6 is 0 Å². The van der Waals surface area contributed by atoms with Crippen molar-refractivity contribution in [2.75, 3.05) is 48.0 Å².